The predicted octanol–water partition coefficient (Wildman–Crippen LogP) is 2.70. The molecule has 0 amide bonds. The van der Waals surface area contributed by atoms with Crippen molar-refractivity contribution in [2.24, 2.45) is 5.73 Å². The van der Waals surface area contributed by atoms with Gasteiger partial charge in [-0.1, -0.05) is 25.8 Å². The van der Waals surface area contributed by atoms with Crippen molar-refractivity contribution < 1.29 is 4.74 Å². The van der Waals surface area contributed by atoms with Crippen LogP contribution in [0.1, 0.15) is 43.4 Å². The van der Waals surface area contributed by atoms with Crippen LogP contribution in [-0.2, 0) is 6.54 Å². The minimum Gasteiger partial charge on any atom is -0.497 e. The number of nitrogens with zero attached hydrogens (tertiary/aromatic N) is 1. The van der Waals surface area contributed by atoms with Gasteiger partial charge in [-0.05, 0) is 36.2 Å². The maximum Gasteiger partial charge on any atom is 0.119 e. The van der Waals surface area contributed by atoms with Gasteiger partial charge in [0.05, 0.1) is 7.11 Å². The normalized spacial score (nSPS) is 18.9. The van der Waals surface area contributed by atoms with Crippen molar-refractivity contribution in [1.29, 1.82) is 0 Å². The Bertz CT molecular complexity index is 392. The molecule has 2 N–H and O–H groups in total. The maximum atomic E-state index is 5.95. The summed E-state index contributed by atoms with van der Waals surface area (Å²) in [5, 5.41) is 0. The Morgan fingerprint density at radius 2 is 2.22 bits per heavy atom. The number of hydrogen-bond acceptors (Lipinski definition) is 3. The lowest BCUT2D eigenvalue weighted by molar-refractivity contribution is 0.215. The fourth-order valence-electron chi connectivity index (χ4n) is 2.76. The van der Waals surface area contributed by atoms with Gasteiger partial charge in [0.15, 0.2) is 0 Å². The molecule has 3 nitrogen and oxygen atoms in total. The van der Waals surface area contributed by atoms with Crippen LogP contribution in [0.25, 0.3) is 0 Å². The van der Waals surface area contributed by atoms with Gasteiger partial charge in [-0.2, -0.15) is 0 Å². The van der Waals surface area contributed by atoms with E-state index in [4.69, 9.17) is 10.5 Å². The Hall–Kier alpha value is -1.06. The number of ether oxygens (including phenoxy) is 1. The fraction of sp³-hybridized carbons (Fsp3) is 0.600. The van der Waals surface area contributed by atoms with Gasteiger partial charge in [-0.15, -0.1) is 0 Å². The molecule has 1 aliphatic rings. The second-order valence-electron chi connectivity index (χ2n) is 4.99. The van der Waals surface area contributed by atoms with E-state index in [2.05, 4.69) is 24.0 Å². The van der Waals surface area contributed by atoms with Gasteiger partial charge in [0.1, 0.15) is 5.75 Å². The molecule has 18 heavy (non-hydrogen) atoms. The number of benzene rings is 1. The summed E-state index contributed by atoms with van der Waals surface area (Å²) in [6.45, 7) is 5.11. The van der Waals surface area contributed by atoms with E-state index in [1.54, 1.807) is 7.11 Å². The van der Waals surface area contributed by atoms with E-state index >= 15 is 0 Å². The summed E-state index contributed by atoms with van der Waals surface area (Å²) in [6.07, 6.45) is 3.83. The van der Waals surface area contributed by atoms with E-state index in [1.807, 2.05) is 6.07 Å². The Morgan fingerprint density at radius 3 is 2.89 bits per heavy atom. The lowest BCUT2D eigenvalue weighted by Crippen LogP contribution is -2.28. The highest BCUT2D eigenvalue weighted by molar-refractivity contribution is 5.40. The van der Waals surface area contributed by atoms with Gasteiger partial charge in [0.25, 0.3) is 0 Å². The van der Waals surface area contributed by atoms with Gasteiger partial charge < -0.3 is 10.5 Å². The molecule has 100 valence electrons. The zero-order valence-corrected chi connectivity index (χ0v) is 11.5. The molecule has 0 aliphatic carbocycles. The van der Waals surface area contributed by atoms with Crippen molar-refractivity contribution in [2.45, 2.75) is 38.8 Å². The number of fused-ring (bicyclic) bond motifs is 1. The Kier molecular flexibility index (Phi) is 4.61. The number of methoxy groups -OCH3 is 1. The van der Waals surface area contributed by atoms with Crippen molar-refractivity contribution in [3.05, 3.63) is 29.3 Å². The Balaban J connectivity index is 2.10. The van der Waals surface area contributed by atoms with Crippen LogP contribution < -0.4 is 10.5 Å². The Morgan fingerprint density at radius 1 is 1.39 bits per heavy atom. The minimum absolute atomic E-state index is 0.368. The van der Waals surface area contributed by atoms with Crippen LogP contribution in [0.5, 0.6) is 5.75 Å². The number of rotatable bonds is 6. The highest BCUT2D eigenvalue weighted by atomic mass is 16.5. The van der Waals surface area contributed by atoms with Gasteiger partial charge in [0.2, 0.25) is 0 Å². The molecule has 0 bridgehead atoms. The topological polar surface area (TPSA) is 38.5 Å². The molecule has 0 radical (unpaired) electrons. The number of nitrogens with two attached hydrogens (primary N) is 1. The average Bonchev–Trinajstić information content (AvgIpc) is 2.75. The summed E-state index contributed by atoms with van der Waals surface area (Å²) >= 11 is 0. The third-order valence-electron chi connectivity index (χ3n) is 3.80. The molecule has 0 aromatic heterocycles. The summed E-state index contributed by atoms with van der Waals surface area (Å²) < 4.78 is 5.31. The highest BCUT2D eigenvalue weighted by Crippen LogP contribution is 2.35. The summed E-state index contributed by atoms with van der Waals surface area (Å²) in [5.74, 6) is 0.933. The quantitative estimate of drug-likeness (QED) is 0.787. The maximum absolute atomic E-state index is 5.95. The van der Waals surface area contributed by atoms with Crippen LogP contribution in [0.4, 0.5) is 0 Å². The molecular formula is C15H24N2O. The van der Waals surface area contributed by atoms with Crippen molar-refractivity contribution >= 4 is 0 Å². The second-order valence-corrected chi connectivity index (χ2v) is 4.99. The highest BCUT2D eigenvalue weighted by Gasteiger charge is 2.28. The van der Waals surface area contributed by atoms with Crippen LogP contribution in [0.3, 0.4) is 0 Å². The summed E-state index contributed by atoms with van der Waals surface area (Å²) in [5.41, 5.74) is 8.71. The molecule has 1 aliphatic heterocycles. The van der Waals surface area contributed by atoms with E-state index < -0.39 is 0 Å². The molecule has 0 saturated heterocycles. The lowest BCUT2D eigenvalue weighted by Gasteiger charge is -2.23. The number of hydrogen-bond donors (Lipinski definition) is 1. The zero-order chi connectivity index (χ0) is 13.0. The molecule has 1 unspecified atom stereocenters. The monoisotopic (exact) mass is 248 g/mol. The predicted molar refractivity (Wildman–Crippen MR) is 74.7 cm³/mol. The van der Waals surface area contributed by atoms with Crippen molar-refractivity contribution in [1.82, 2.24) is 4.90 Å². The molecule has 0 fully saturated rings. The minimum atomic E-state index is 0.368. The average molecular weight is 248 g/mol. The van der Waals surface area contributed by atoms with E-state index in [0.717, 1.165) is 18.8 Å². The SMILES string of the molecule is CCCCCN1Cc2ccc(OC)cc2C1CN. The van der Waals surface area contributed by atoms with Gasteiger partial charge in [-0.25, -0.2) is 0 Å². The molecule has 0 saturated carbocycles. The largest absolute Gasteiger partial charge is 0.497 e. The molecule has 1 aromatic rings. The number of unbranched alkanes of at least 4 members (excludes halogenated alkanes) is 2. The summed E-state index contributed by atoms with van der Waals surface area (Å²) in [4.78, 5) is 2.50. The Labute approximate surface area is 110 Å². The summed E-state index contributed by atoms with van der Waals surface area (Å²) in [7, 11) is 1.72. The first-order valence-corrected chi connectivity index (χ1v) is 6.91. The van der Waals surface area contributed by atoms with Crippen molar-refractivity contribution in [3.63, 3.8) is 0 Å². The van der Waals surface area contributed by atoms with E-state index in [1.165, 1.54) is 30.4 Å². The van der Waals surface area contributed by atoms with Gasteiger partial charge in [0, 0.05) is 19.1 Å². The lowest BCUT2D eigenvalue weighted by atomic mass is 10.0. The van der Waals surface area contributed by atoms with E-state index in [-0.39, 0.29) is 0 Å². The molecule has 0 spiro atoms. The molecule has 3 heteroatoms. The smallest absolute Gasteiger partial charge is 0.119 e. The zero-order valence-electron chi connectivity index (χ0n) is 11.5. The molecule has 1 aromatic carbocycles. The molecule has 2 rings (SSSR count). The standard InChI is InChI=1S/C15H24N2O/c1-3-4-5-8-17-11-12-6-7-13(18-2)9-14(12)15(17)10-16/h6-7,9,15H,3-5,8,10-11,16H2,1-2H3. The van der Waals surface area contributed by atoms with Gasteiger partial charge in [-0.3, -0.25) is 4.90 Å². The van der Waals surface area contributed by atoms with Crippen LogP contribution in [-0.4, -0.2) is 25.1 Å². The third-order valence-corrected chi connectivity index (χ3v) is 3.80. The third kappa shape index (κ3) is 2.68. The first kappa shape index (κ1) is 13.4. The van der Waals surface area contributed by atoms with E-state index in [0.29, 0.717) is 12.6 Å². The molecule has 1 heterocycles. The van der Waals surface area contributed by atoms with Gasteiger partial charge >= 0.3 is 0 Å². The van der Waals surface area contributed by atoms with Crippen molar-refractivity contribution in [3.8, 4) is 5.75 Å². The van der Waals surface area contributed by atoms with Crippen LogP contribution in [0, 0.1) is 0 Å². The molecular weight excluding hydrogens is 224 g/mol. The molecule has 1 atom stereocenters. The fourth-order valence-corrected chi connectivity index (χ4v) is 2.76. The van der Waals surface area contributed by atoms with Crippen LogP contribution >= 0.6 is 0 Å². The first-order chi connectivity index (χ1) is 8.80. The van der Waals surface area contributed by atoms with Crippen LogP contribution in [0.2, 0.25) is 0 Å². The van der Waals surface area contributed by atoms with Crippen LogP contribution in [0.15, 0.2) is 18.2 Å². The second kappa shape index (κ2) is 6.21. The van der Waals surface area contributed by atoms with Crippen molar-refractivity contribution in [2.75, 3.05) is 20.2 Å². The first-order valence-electron chi connectivity index (χ1n) is 6.91. The van der Waals surface area contributed by atoms with E-state index in [9.17, 15) is 0 Å². The summed E-state index contributed by atoms with van der Waals surface area (Å²) in [6, 6.07) is 6.73.